The molecular formula is C13H15NO2S. The molecule has 1 aromatic heterocycles. The Balaban J connectivity index is 2.44. The number of aromatic nitrogens is 1. The summed E-state index contributed by atoms with van der Waals surface area (Å²) in [5.41, 5.74) is 3.28. The number of thioether (sulfide) groups is 1. The lowest BCUT2D eigenvalue weighted by atomic mass is 10.1. The first-order valence-electron chi connectivity index (χ1n) is 5.49. The summed E-state index contributed by atoms with van der Waals surface area (Å²) in [7, 11) is 0. The number of carboxylic acid groups (broad SMARTS) is 1. The molecule has 0 unspecified atom stereocenters. The van der Waals surface area contributed by atoms with Gasteiger partial charge in [-0.2, -0.15) is 0 Å². The van der Waals surface area contributed by atoms with E-state index < -0.39 is 5.97 Å². The number of carbonyl (C=O) groups is 1. The van der Waals surface area contributed by atoms with Crippen molar-refractivity contribution in [1.82, 2.24) is 4.98 Å². The van der Waals surface area contributed by atoms with Gasteiger partial charge in [-0.15, -0.1) is 11.8 Å². The Hall–Kier alpha value is -1.42. The maximum Gasteiger partial charge on any atom is 0.303 e. The minimum absolute atomic E-state index is 0.178. The van der Waals surface area contributed by atoms with Crippen LogP contribution in [0.5, 0.6) is 0 Å². The van der Waals surface area contributed by atoms with E-state index in [9.17, 15) is 4.79 Å². The highest BCUT2D eigenvalue weighted by molar-refractivity contribution is 7.98. The lowest BCUT2D eigenvalue weighted by molar-refractivity contribution is -0.136. The van der Waals surface area contributed by atoms with Crippen LogP contribution < -0.4 is 0 Å². The number of hydrogen-bond acceptors (Lipinski definition) is 2. The summed E-state index contributed by atoms with van der Waals surface area (Å²) in [5.74, 6) is -0.750. The molecule has 0 saturated heterocycles. The van der Waals surface area contributed by atoms with Gasteiger partial charge in [0.1, 0.15) is 0 Å². The third-order valence-corrected chi connectivity index (χ3v) is 3.64. The first-order valence-corrected chi connectivity index (χ1v) is 6.71. The van der Waals surface area contributed by atoms with Crippen LogP contribution in [0.3, 0.4) is 0 Å². The van der Waals surface area contributed by atoms with Crippen molar-refractivity contribution in [2.24, 2.45) is 0 Å². The monoisotopic (exact) mass is 249 g/mol. The first kappa shape index (κ1) is 12.0. The highest BCUT2D eigenvalue weighted by Gasteiger charge is 2.10. The van der Waals surface area contributed by atoms with Gasteiger partial charge < -0.3 is 10.1 Å². The molecule has 4 heteroatoms. The van der Waals surface area contributed by atoms with E-state index in [1.807, 2.05) is 13.2 Å². The van der Waals surface area contributed by atoms with Crippen molar-refractivity contribution < 1.29 is 9.90 Å². The molecule has 0 aliphatic carbocycles. The van der Waals surface area contributed by atoms with E-state index in [0.29, 0.717) is 6.42 Å². The number of rotatable bonds is 4. The van der Waals surface area contributed by atoms with Crippen molar-refractivity contribution in [3.05, 3.63) is 29.5 Å². The van der Waals surface area contributed by atoms with Crippen molar-refractivity contribution in [2.75, 3.05) is 6.26 Å². The van der Waals surface area contributed by atoms with Crippen LogP contribution in [0.1, 0.15) is 17.7 Å². The van der Waals surface area contributed by atoms with Gasteiger partial charge in [0.25, 0.3) is 0 Å². The van der Waals surface area contributed by atoms with Crippen molar-refractivity contribution in [1.29, 1.82) is 0 Å². The second kappa shape index (κ2) is 4.84. The van der Waals surface area contributed by atoms with Gasteiger partial charge in [0.2, 0.25) is 0 Å². The van der Waals surface area contributed by atoms with Gasteiger partial charge in [0.15, 0.2) is 0 Å². The number of H-pyrrole nitrogens is 1. The minimum atomic E-state index is -0.750. The third kappa shape index (κ3) is 2.47. The molecule has 1 aromatic carbocycles. The van der Waals surface area contributed by atoms with Crippen LogP contribution in [0.15, 0.2) is 23.1 Å². The van der Waals surface area contributed by atoms with Gasteiger partial charge in [0, 0.05) is 27.9 Å². The number of aliphatic carboxylic acids is 1. The van der Waals surface area contributed by atoms with Gasteiger partial charge in [0.05, 0.1) is 0 Å². The number of nitrogens with one attached hydrogen (secondary N) is 1. The minimum Gasteiger partial charge on any atom is -0.481 e. The van der Waals surface area contributed by atoms with Gasteiger partial charge in [-0.1, -0.05) is 0 Å². The second-order valence-corrected chi connectivity index (χ2v) is 4.91. The van der Waals surface area contributed by atoms with E-state index in [1.165, 1.54) is 4.90 Å². The summed E-state index contributed by atoms with van der Waals surface area (Å²) < 4.78 is 0. The molecule has 2 rings (SSSR count). The molecule has 2 aromatic rings. The van der Waals surface area contributed by atoms with E-state index in [-0.39, 0.29) is 6.42 Å². The fourth-order valence-corrected chi connectivity index (χ4v) is 2.48. The number of fused-ring (bicyclic) bond motifs is 1. The van der Waals surface area contributed by atoms with Crippen molar-refractivity contribution >= 4 is 28.6 Å². The Morgan fingerprint density at radius 2 is 2.24 bits per heavy atom. The van der Waals surface area contributed by atoms with Crippen molar-refractivity contribution in [3.8, 4) is 0 Å². The molecule has 1 heterocycles. The van der Waals surface area contributed by atoms with Crippen LogP contribution in [0.25, 0.3) is 10.9 Å². The molecule has 0 aliphatic rings. The fraction of sp³-hybridized carbons (Fsp3) is 0.308. The molecule has 0 aliphatic heterocycles. The highest BCUT2D eigenvalue weighted by Crippen LogP contribution is 2.27. The summed E-state index contributed by atoms with van der Waals surface area (Å²) >= 11 is 1.70. The molecule has 17 heavy (non-hydrogen) atoms. The Kier molecular flexibility index (Phi) is 3.43. The Labute approximate surface area is 104 Å². The molecule has 90 valence electrons. The zero-order chi connectivity index (χ0) is 12.4. The number of benzene rings is 1. The van der Waals surface area contributed by atoms with Gasteiger partial charge in [-0.3, -0.25) is 4.79 Å². The molecule has 0 spiro atoms. The molecular weight excluding hydrogens is 234 g/mol. The maximum atomic E-state index is 10.7. The average Bonchev–Trinajstić information content (AvgIpc) is 2.61. The predicted molar refractivity (Wildman–Crippen MR) is 70.8 cm³/mol. The number of hydrogen-bond donors (Lipinski definition) is 2. The van der Waals surface area contributed by atoms with E-state index in [4.69, 9.17) is 5.11 Å². The summed E-state index contributed by atoms with van der Waals surface area (Å²) in [6.45, 7) is 2.00. The van der Waals surface area contributed by atoms with Gasteiger partial charge in [-0.25, -0.2) is 0 Å². The highest BCUT2D eigenvalue weighted by atomic mass is 32.2. The molecule has 0 radical (unpaired) electrons. The van der Waals surface area contributed by atoms with E-state index in [2.05, 4.69) is 23.2 Å². The molecule has 0 amide bonds. The molecule has 0 saturated carbocycles. The summed E-state index contributed by atoms with van der Waals surface area (Å²) in [4.78, 5) is 15.2. The Bertz CT molecular complexity index is 560. The molecule has 0 fully saturated rings. The third-order valence-electron chi connectivity index (χ3n) is 2.92. The van der Waals surface area contributed by atoms with Crippen LogP contribution in [-0.2, 0) is 11.2 Å². The van der Waals surface area contributed by atoms with E-state index >= 15 is 0 Å². The zero-order valence-electron chi connectivity index (χ0n) is 9.91. The number of carboxylic acids is 1. The van der Waals surface area contributed by atoms with Gasteiger partial charge >= 0.3 is 5.97 Å². The number of aryl methyl sites for hydroxylation is 2. The average molecular weight is 249 g/mol. The van der Waals surface area contributed by atoms with Crippen LogP contribution in [0, 0.1) is 6.92 Å². The summed E-state index contributed by atoms with van der Waals surface area (Å²) in [6, 6.07) is 6.25. The number of aromatic amines is 1. The second-order valence-electron chi connectivity index (χ2n) is 4.03. The molecule has 0 atom stereocenters. The predicted octanol–water partition coefficient (Wildman–Crippen LogP) is 3.22. The molecule has 3 nitrogen and oxygen atoms in total. The zero-order valence-corrected chi connectivity index (χ0v) is 10.7. The van der Waals surface area contributed by atoms with Crippen LogP contribution in [0.2, 0.25) is 0 Å². The van der Waals surface area contributed by atoms with Crippen molar-refractivity contribution in [2.45, 2.75) is 24.7 Å². The molecule has 2 N–H and O–H groups in total. The van der Waals surface area contributed by atoms with Gasteiger partial charge in [-0.05, 0) is 43.4 Å². The first-order chi connectivity index (χ1) is 8.11. The van der Waals surface area contributed by atoms with Crippen molar-refractivity contribution in [3.63, 3.8) is 0 Å². The lowest BCUT2D eigenvalue weighted by Gasteiger charge is -2.00. The Morgan fingerprint density at radius 1 is 1.47 bits per heavy atom. The normalized spacial score (nSPS) is 10.9. The lowest BCUT2D eigenvalue weighted by Crippen LogP contribution is -1.98. The van der Waals surface area contributed by atoms with E-state index in [1.54, 1.807) is 11.8 Å². The smallest absolute Gasteiger partial charge is 0.303 e. The maximum absolute atomic E-state index is 10.7. The fourth-order valence-electron chi connectivity index (χ4n) is 2.04. The standard InChI is InChI=1S/C13H15NO2S/c1-8-10(4-6-13(15)16)11-7-9(17-2)3-5-12(11)14-8/h3,5,7,14H,4,6H2,1-2H3,(H,15,16). The summed E-state index contributed by atoms with van der Waals surface area (Å²) in [6.07, 6.45) is 2.80. The van der Waals surface area contributed by atoms with Crippen LogP contribution in [0.4, 0.5) is 0 Å². The topological polar surface area (TPSA) is 53.1 Å². The summed E-state index contributed by atoms with van der Waals surface area (Å²) in [5, 5.41) is 9.91. The van der Waals surface area contributed by atoms with Crippen LogP contribution in [-0.4, -0.2) is 22.3 Å². The Morgan fingerprint density at radius 3 is 2.88 bits per heavy atom. The quantitative estimate of drug-likeness (QED) is 0.818. The SMILES string of the molecule is CSc1ccc2[nH]c(C)c(CCC(=O)O)c2c1. The van der Waals surface area contributed by atoms with E-state index in [0.717, 1.165) is 22.2 Å². The molecule has 0 bridgehead atoms. The largest absolute Gasteiger partial charge is 0.481 e. The van der Waals surface area contributed by atoms with Crippen LogP contribution >= 0.6 is 11.8 Å².